The first kappa shape index (κ1) is 20.2. The van der Waals surface area contributed by atoms with Crippen molar-refractivity contribution in [2.24, 2.45) is 5.92 Å². The van der Waals surface area contributed by atoms with Crippen molar-refractivity contribution in [3.8, 4) is 11.3 Å². The van der Waals surface area contributed by atoms with E-state index in [9.17, 15) is 0 Å². The van der Waals surface area contributed by atoms with Crippen LogP contribution < -0.4 is 5.32 Å². The lowest BCUT2D eigenvalue weighted by atomic mass is 10.0. The molecule has 3 rings (SSSR count). The summed E-state index contributed by atoms with van der Waals surface area (Å²) in [5.74, 6) is 0.662. The SMILES string of the molecule is Br.CC(C)Cc1ccc(-c2csc(Nc3cc(Cl)cc(Cl)c3)n2)cc1. The number of rotatable bonds is 5. The molecule has 0 fully saturated rings. The van der Waals surface area contributed by atoms with Gasteiger partial charge in [0.2, 0.25) is 0 Å². The Kier molecular flexibility index (Phi) is 7.32. The van der Waals surface area contributed by atoms with Gasteiger partial charge < -0.3 is 5.32 Å². The molecule has 2 aromatic carbocycles. The highest BCUT2D eigenvalue weighted by Gasteiger charge is 2.07. The normalized spacial score (nSPS) is 10.6. The topological polar surface area (TPSA) is 24.9 Å². The van der Waals surface area contributed by atoms with Gasteiger partial charge in [-0.1, -0.05) is 61.3 Å². The van der Waals surface area contributed by atoms with Crippen LogP contribution in [0.1, 0.15) is 19.4 Å². The van der Waals surface area contributed by atoms with Crippen LogP contribution in [0.15, 0.2) is 47.8 Å². The molecule has 1 N–H and O–H groups in total. The minimum absolute atomic E-state index is 0. The van der Waals surface area contributed by atoms with E-state index in [2.05, 4.69) is 48.4 Å². The third-order valence-electron chi connectivity index (χ3n) is 3.51. The first-order valence-corrected chi connectivity index (χ1v) is 9.41. The molecule has 132 valence electrons. The zero-order chi connectivity index (χ0) is 17.1. The Hall–Kier alpha value is -1.07. The van der Waals surface area contributed by atoms with Crippen LogP contribution in [-0.4, -0.2) is 4.98 Å². The molecule has 0 aliphatic rings. The number of thiazole rings is 1. The Morgan fingerprint density at radius 2 is 1.68 bits per heavy atom. The third-order valence-corrected chi connectivity index (χ3v) is 4.71. The fourth-order valence-corrected chi connectivity index (χ4v) is 3.76. The maximum Gasteiger partial charge on any atom is 0.187 e. The van der Waals surface area contributed by atoms with Gasteiger partial charge in [0.1, 0.15) is 0 Å². The number of anilines is 2. The van der Waals surface area contributed by atoms with Crippen LogP contribution in [0.3, 0.4) is 0 Å². The summed E-state index contributed by atoms with van der Waals surface area (Å²) in [4.78, 5) is 4.65. The fourth-order valence-electron chi connectivity index (χ4n) is 2.50. The number of halogens is 3. The van der Waals surface area contributed by atoms with E-state index in [0.717, 1.165) is 28.5 Å². The molecule has 0 aliphatic heterocycles. The second kappa shape index (κ2) is 9.04. The van der Waals surface area contributed by atoms with E-state index < -0.39 is 0 Å². The van der Waals surface area contributed by atoms with Crippen molar-refractivity contribution in [3.63, 3.8) is 0 Å². The van der Waals surface area contributed by atoms with Crippen LogP contribution in [0.4, 0.5) is 10.8 Å². The number of hydrogen-bond donors (Lipinski definition) is 1. The van der Waals surface area contributed by atoms with Crippen LogP contribution in [0.2, 0.25) is 10.0 Å². The summed E-state index contributed by atoms with van der Waals surface area (Å²) in [5, 5.41) is 7.31. The molecule has 1 aromatic heterocycles. The Morgan fingerprint density at radius 1 is 1.04 bits per heavy atom. The van der Waals surface area contributed by atoms with Gasteiger partial charge in [-0.2, -0.15) is 0 Å². The van der Waals surface area contributed by atoms with Gasteiger partial charge in [-0.3, -0.25) is 0 Å². The zero-order valence-electron chi connectivity index (χ0n) is 13.9. The minimum atomic E-state index is 0. The molecule has 1 heterocycles. The van der Waals surface area contributed by atoms with Gasteiger partial charge in [0.25, 0.3) is 0 Å². The number of aromatic nitrogens is 1. The lowest BCUT2D eigenvalue weighted by molar-refractivity contribution is 0.647. The Balaban J connectivity index is 0.00000225. The second-order valence-electron chi connectivity index (χ2n) is 6.12. The van der Waals surface area contributed by atoms with Gasteiger partial charge in [0, 0.05) is 26.7 Å². The maximum absolute atomic E-state index is 6.03. The molecule has 0 amide bonds. The summed E-state index contributed by atoms with van der Waals surface area (Å²) in [6, 6.07) is 14.0. The van der Waals surface area contributed by atoms with Crippen molar-refractivity contribution in [1.29, 1.82) is 0 Å². The molecule has 0 spiro atoms. The van der Waals surface area contributed by atoms with Crippen molar-refractivity contribution >= 4 is 62.3 Å². The lowest BCUT2D eigenvalue weighted by Crippen LogP contribution is -1.93. The number of benzene rings is 2. The molecule has 0 bridgehead atoms. The fraction of sp³-hybridized carbons (Fsp3) is 0.211. The van der Waals surface area contributed by atoms with E-state index in [4.69, 9.17) is 23.2 Å². The molecule has 0 atom stereocenters. The predicted molar refractivity (Wildman–Crippen MR) is 116 cm³/mol. The molecule has 0 saturated heterocycles. The lowest BCUT2D eigenvalue weighted by Gasteiger charge is -2.05. The number of nitrogens with one attached hydrogen (secondary N) is 1. The summed E-state index contributed by atoms with van der Waals surface area (Å²) in [7, 11) is 0. The third kappa shape index (κ3) is 5.71. The molecule has 3 aromatic rings. The summed E-state index contributed by atoms with van der Waals surface area (Å²) >= 11 is 13.6. The molecule has 0 aliphatic carbocycles. The summed E-state index contributed by atoms with van der Waals surface area (Å²) < 4.78 is 0. The van der Waals surface area contributed by atoms with Gasteiger partial charge in [0.15, 0.2) is 5.13 Å². The highest BCUT2D eigenvalue weighted by Crippen LogP contribution is 2.30. The van der Waals surface area contributed by atoms with Crippen molar-refractivity contribution < 1.29 is 0 Å². The highest BCUT2D eigenvalue weighted by molar-refractivity contribution is 8.93. The van der Waals surface area contributed by atoms with E-state index in [0.29, 0.717) is 16.0 Å². The summed E-state index contributed by atoms with van der Waals surface area (Å²) in [6.07, 6.45) is 1.10. The van der Waals surface area contributed by atoms with Crippen molar-refractivity contribution in [2.45, 2.75) is 20.3 Å². The van der Waals surface area contributed by atoms with E-state index >= 15 is 0 Å². The van der Waals surface area contributed by atoms with E-state index in [1.165, 1.54) is 5.56 Å². The summed E-state index contributed by atoms with van der Waals surface area (Å²) in [6.45, 7) is 4.46. The molecule has 0 saturated carbocycles. The molecule has 0 radical (unpaired) electrons. The van der Waals surface area contributed by atoms with Crippen LogP contribution in [-0.2, 0) is 6.42 Å². The van der Waals surface area contributed by atoms with Gasteiger partial charge in [-0.15, -0.1) is 28.3 Å². The van der Waals surface area contributed by atoms with Gasteiger partial charge >= 0.3 is 0 Å². The van der Waals surface area contributed by atoms with Gasteiger partial charge in [0.05, 0.1) is 5.69 Å². The van der Waals surface area contributed by atoms with Crippen LogP contribution in [0.25, 0.3) is 11.3 Å². The number of nitrogens with zero attached hydrogens (tertiary/aromatic N) is 1. The Morgan fingerprint density at radius 3 is 2.28 bits per heavy atom. The average molecular weight is 458 g/mol. The maximum atomic E-state index is 6.03. The Labute approximate surface area is 173 Å². The minimum Gasteiger partial charge on any atom is -0.331 e. The van der Waals surface area contributed by atoms with E-state index in [-0.39, 0.29) is 17.0 Å². The van der Waals surface area contributed by atoms with Crippen molar-refractivity contribution in [3.05, 3.63) is 63.5 Å². The largest absolute Gasteiger partial charge is 0.331 e. The first-order valence-electron chi connectivity index (χ1n) is 7.77. The highest BCUT2D eigenvalue weighted by atomic mass is 79.9. The van der Waals surface area contributed by atoms with Crippen LogP contribution >= 0.6 is 51.5 Å². The van der Waals surface area contributed by atoms with Crippen LogP contribution in [0.5, 0.6) is 0 Å². The molecule has 2 nitrogen and oxygen atoms in total. The number of hydrogen-bond acceptors (Lipinski definition) is 3. The molecular formula is C19H19BrCl2N2S. The second-order valence-corrected chi connectivity index (χ2v) is 7.85. The van der Waals surface area contributed by atoms with Crippen molar-refractivity contribution in [1.82, 2.24) is 4.98 Å². The van der Waals surface area contributed by atoms with Gasteiger partial charge in [-0.25, -0.2) is 4.98 Å². The van der Waals surface area contributed by atoms with Gasteiger partial charge in [-0.05, 0) is 36.1 Å². The predicted octanol–water partition coefficient (Wildman–Crippen LogP) is 7.64. The molecule has 6 heteroatoms. The zero-order valence-corrected chi connectivity index (χ0v) is 18.0. The molecule has 0 unspecified atom stereocenters. The first-order chi connectivity index (χ1) is 11.5. The molecule has 25 heavy (non-hydrogen) atoms. The summed E-state index contributed by atoms with van der Waals surface area (Å²) in [5.41, 5.74) is 4.28. The quantitative estimate of drug-likeness (QED) is 0.425. The van der Waals surface area contributed by atoms with Crippen molar-refractivity contribution in [2.75, 3.05) is 5.32 Å². The molecular weight excluding hydrogens is 439 g/mol. The van der Waals surface area contributed by atoms with Crippen LogP contribution in [0, 0.1) is 5.92 Å². The van der Waals surface area contributed by atoms with E-state index in [1.807, 2.05) is 17.5 Å². The standard InChI is InChI=1S/C19H18Cl2N2S.BrH/c1-12(2)7-13-3-5-14(6-4-13)18-11-24-19(23-18)22-17-9-15(20)8-16(21)10-17;/h3-6,8-12H,7H2,1-2H3,(H,22,23);1H. The smallest absolute Gasteiger partial charge is 0.187 e. The van der Waals surface area contributed by atoms with E-state index in [1.54, 1.807) is 17.4 Å². The Bertz CT molecular complexity index is 811. The average Bonchev–Trinajstić information content (AvgIpc) is 2.94. The monoisotopic (exact) mass is 456 g/mol.